The molecule has 0 aliphatic carbocycles. The summed E-state index contributed by atoms with van der Waals surface area (Å²) in [4.78, 5) is 37.3. The van der Waals surface area contributed by atoms with Crippen LogP contribution in [0.1, 0.15) is 47.7 Å². The fraction of sp³-hybridized carbons (Fsp3) is 0.417. The van der Waals surface area contributed by atoms with Crippen LogP contribution in [-0.2, 0) is 11.2 Å². The van der Waals surface area contributed by atoms with Gasteiger partial charge in [0.1, 0.15) is 6.04 Å². The van der Waals surface area contributed by atoms with Gasteiger partial charge in [-0.2, -0.15) is 0 Å². The Morgan fingerprint density at radius 1 is 1.16 bits per heavy atom. The van der Waals surface area contributed by atoms with Crippen LogP contribution in [0, 0.1) is 23.0 Å². The minimum Gasteiger partial charge on any atom is -0.341 e. The van der Waals surface area contributed by atoms with Gasteiger partial charge in [0.15, 0.2) is 0 Å². The van der Waals surface area contributed by atoms with Crippen molar-refractivity contribution in [2.75, 3.05) is 13.1 Å². The number of hydrogen-bond donors (Lipinski definition) is 1. The lowest BCUT2D eigenvalue weighted by molar-refractivity contribution is -0.384. The molecule has 1 atom stereocenters. The molecule has 0 saturated carbocycles. The molecular formula is C24H29N3O4. The van der Waals surface area contributed by atoms with E-state index in [0.717, 1.165) is 25.7 Å². The van der Waals surface area contributed by atoms with Crippen molar-refractivity contribution in [1.29, 1.82) is 0 Å². The number of amides is 2. The minimum absolute atomic E-state index is 0.115. The molecule has 7 heteroatoms. The van der Waals surface area contributed by atoms with Gasteiger partial charge in [0.25, 0.3) is 11.6 Å². The lowest BCUT2D eigenvalue weighted by Crippen LogP contribution is -2.49. The zero-order valence-corrected chi connectivity index (χ0v) is 18.0. The summed E-state index contributed by atoms with van der Waals surface area (Å²) in [5.74, 6) is -0.00609. The largest absolute Gasteiger partial charge is 0.341 e. The number of carbonyl (C=O) groups is 2. The zero-order chi connectivity index (χ0) is 22.4. The van der Waals surface area contributed by atoms with Gasteiger partial charge < -0.3 is 10.2 Å². The third kappa shape index (κ3) is 6.13. The van der Waals surface area contributed by atoms with Crippen LogP contribution < -0.4 is 5.32 Å². The van der Waals surface area contributed by atoms with Gasteiger partial charge in [-0.3, -0.25) is 19.7 Å². The number of aryl methyl sites for hydroxylation is 2. The van der Waals surface area contributed by atoms with Gasteiger partial charge in [-0.25, -0.2) is 0 Å². The van der Waals surface area contributed by atoms with Gasteiger partial charge in [0.05, 0.1) is 4.92 Å². The molecule has 2 aromatic rings. The highest BCUT2D eigenvalue weighted by Gasteiger charge is 2.27. The molecule has 2 aromatic carbocycles. The molecule has 1 aliphatic rings. The Morgan fingerprint density at radius 2 is 1.84 bits per heavy atom. The van der Waals surface area contributed by atoms with Crippen LogP contribution in [0.4, 0.5) is 5.69 Å². The predicted octanol–water partition coefficient (Wildman–Crippen LogP) is 3.89. The van der Waals surface area contributed by atoms with Crippen molar-refractivity contribution in [2.45, 2.75) is 45.6 Å². The Labute approximate surface area is 182 Å². The lowest BCUT2D eigenvalue weighted by atomic mass is 9.90. The first-order valence-electron chi connectivity index (χ1n) is 10.7. The second-order valence-electron chi connectivity index (χ2n) is 8.30. The van der Waals surface area contributed by atoms with E-state index in [1.54, 1.807) is 11.8 Å². The number of carbonyl (C=O) groups excluding carboxylic acids is 2. The Kier molecular flexibility index (Phi) is 7.39. The van der Waals surface area contributed by atoms with E-state index in [4.69, 9.17) is 0 Å². The molecule has 1 fully saturated rings. The first-order chi connectivity index (χ1) is 14.8. The van der Waals surface area contributed by atoms with Crippen molar-refractivity contribution in [3.05, 3.63) is 75.3 Å². The molecular weight excluding hydrogens is 394 g/mol. The van der Waals surface area contributed by atoms with Crippen LogP contribution in [0.3, 0.4) is 0 Å². The molecule has 0 radical (unpaired) electrons. The molecule has 1 saturated heterocycles. The Hall–Kier alpha value is -3.22. The molecule has 1 heterocycles. The smallest absolute Gasteiger partial charge is 0.270 e. The van der Waals surface area contributed by atoms with E-state index >= 15 is 0 Å². The van der Waals surface area contributed by atoms with Crippen molar-refractivity contribution in [2.24, 2.45) is 5.92 Å². The number of benzene rings is 2. The number of likely N-dealkylation sites (tertiary alicyclic amines) is 1. The highest BCUT2D eigenvalue weighted by atomic mass is 16.6. The third-order valence-corrected chi connectivity index (χ3v) is 5.93. The number of nitro benzene ring substituents is 1. The summed E-state index contributed by atoms with van der Waals surface area (Å²) in [5, 5.41) is 13.6. The van der Waals surface area contributed by atoms with Crippen LogP contribution in [0.15, 0.2) is 48.5 Å². The average Bonchev–Trinajstić information content (AvgIpc) is 2.78. The molecule has 1 aliphatic heterocycles. The Bertz CT molecular complexity index is 934. The van der Waals surface area contributed by atoms with Crippen molar-refractivity contribution >= 4 is 17.5 Å². The van der Waals surface area contributed by atoms with E-state index in [1.807, 2.05) is 0 Å². The third-order valence-electron chi connectivity index (χ3n) is 5.93. The Morgan fingerprint density at radius 3 is 2.48 bits per heavy atom. The van der Waals surface area contributed by atoms with Crippen molar-refractivity contribution in [1.82, 2.24) is 10.2 Å². The summed E-state index contributed by atoms with van der Waals surface area (Å²) in [5.41, 5.74) is 2.63. The fourth-order valence-electron chi connectivity index (χ4n) is 3.94. The van der Waals surface area contributed by atoms with Gasteiger partial charge in [-0.1, -0.05) is 35.9 Å². The molecule has 164 valence electrons. The monoisotopic (exact) mass is 423 g/mol. The molecule has 0 bridgehead atoms. The maximum Gasteiger partial charge on any atom is 0.270 e. The van der Waals surface area contributed by atoms with E-state index in [1.165, 1.54) is 35.4 Å². The lowest BCUT2D eigenvalue weighted by Gasteiger charge is -2.33. The van der Waals surface area contributed by atoms with Gasteiger partial charge >= 0.3 is 0 Å². The molecule has 7 nitrogen and oxygen atoms in total. The minimum atomic E-state index is -0.684. The van der Waals surface area contributed by atoms with Gasteiger partial charge in [-0.15, -0.1) is 0 Å². The number of nitrogens with zero attached hydrogens (tertiary/aromatic N) is 2. The van der Waals surface area contributed by atoms with Crippen molar-refractivity contribution in [3.63, 3.8) is 0 Å². The first kappa shape index (κ1) is 22.5. The number of hydrogen-bond acceptors (Lipinski definition) is 4. The maximum absolute atomic E-state index is 12.8. The van der Waals surface area contributed by atoms with E-state index in [0.29, 0.717) is 19.0 Å². The van der Waals surface area contributed by atoms with E-state index in [9.17, 15) is 19.7 Å². The molecule has 2 amide bonds. The summed E-state index contributed by atoms with van der Waals surface area (Å²) >= 11 is 0. The summed E-state index contributed by atoms with van der Waals surface area (Å²) in [6.45, 7) is 5.12. The maximum atomic E-state index is 12.8. The van der Waals surface area contributed by atoms with Crippen LogP contribution in [0.5, 0.6) is 0 Å². The molecule has 1 N–H and O–H groups in total. The summed E-state index contributed by atoms with van der Waals surface area (Å²) in [7, 11) is 0. The normalized spacial score (nSPS) is 15.4. The molecule has 31 heavy (non-hydrogen) atoms. The quantitative estimate of drug-likeness (QED) is 0.540. The van der Waals surface area contributed by atoms with Gasteiger partial charge in [0, 0.05) is 30.8 Å². The van der Waals surface area contributed by atoms with Gasteiger partial charge in [-0.05, 0) is 57.1 Å². The molecule has 3 rings (SSSR count). The zero-order valence-electron chi connectivity index (χ0n) is 18.0. The van der Waals surface area contributed by atoms with Gasteiger partial charge in [0.2, 0.25) is 5.91 Å². The van der Waals surface area contributed by atoms with Crippen molar-refractivity contribution in [3.8, 4) is 0 Å². The molecule has 0 spiro atoms. The molecule has 0 aromatic heterocycles. The topological polar surface area (TPSA) is 92.6 Å². The van der Waals surface area contributed by atoms with Crippen LogP contribution in [-0.4, -0.2) is 40.8 Å². The summed E-state index contributed by atoms with van der Waals surface area (Å²) in [6.07, 6.45) is 4.09. The van der Waals surface area contributed by atoms with Crippen molar-refractivity contribution < 1.29 is 14.5 Å². The first-order valence-corrected chi connectivity index (χ1v) is 10.7. The Balaban J connectivity index is 1.46. The summed E-state index contributed by atoms with van der Waals surface area (Å²) in [6, 6.07) is 13.5. The second kappa shape index (κ2) is 10.2. The number of piperidine rings is 1. The second-order valence-corrected chi connectivity index (χ2v) is 8.30. The predicted molar refractivity (Wildman–Crippen MR) is 119 cm³/mol. The van der Waals surface area contributed by atoms with Crippen LogP contribution in [0.25, 0.3) is 0 Å². The van der Waals surface area contributed by atoms with Crippen LogP contribution >= 0.6 is 0 Å². The summed E-state index contributed by atoms with van der Waals surface area (Å²) < 4.78 is 0. The standard InChI is InChI=1S/C24H29N3O4/c1-17-6-8-19(9-7-17)10-11-20-12-14-26(15-13-20)24(29)18(2)25-23(28)21-4-3-5-22(16-21)27(30)31/h3-9,16,18,20H,10-15H2,1-2H3,(H,25,28)/t18-/m0/s1. The van der Waals surface area contributed by atoms with E-state index < -0.39 is 16.9 Å². The number of nitrogens with one attached hydrogen (secondary N) is 1. The fourth-order valence-corrected chi connectivity index (χ4v) is 3.94. The van der Waals surface area contributed by atoms with Crippen LogP contribution in [0.2, 0.25) is 0 Å². The highest BCUT2D eigenvalue weighted by Crippen LogP contribution is 2.23. The number of rotatable bonds is 7. The van der Waals surface area contributed by atoms with E-state index in [-0.39, 0.29) is 17.2 Å². The average molecular weight is 424 g/mol. The number of nitro groups is 1. The van der Waals surface area contributed by atoms with E-state index in [2.05, 4.69) is 36.5 Å². The highest BCUT2D eigenvalue weighted by molar-refractivity contribution is 5.97. The number of non-ortho nitro benzene ring substituents is 1. The molecule has 0 unspecified atom stereocenters. The SMILES string of the molecule is Cc1ccc(CCC2CCN(C(=O)[C@H](C)NC(=O)c3cccc([N+](=O)[O-])c3)CC2)cc1.